The molecule has 4 heterocycles. The van der Waals surface area contributed by atoms with Gasteiger partial charge in [-0.2, -0.15) is 0 Å². The summed E-state index contributed by atoms with van der Waals surface area (Å²) in [6.45, 7) is 11.6. The Hall–Kier alpha value is -3.89. The maximum atomic E-state index is 15.3. The zero-order chi connectivity index (χ0) is 37.7. The first-order valence-electron chi connectivity index (χ1n) is 19.6. The van der Waals surface area contributed by atoms with Crippen LogP contribution in [-0.4, -0.2) is 103 Å². The summed E-state index contributed by atoms with van der Waals surface area (Å²) in [5.74, 6) is 3.57. The molecule has 2 aliphatic rings. The number of benzene rings is 2. The number of hydrogen-bond donors (Lipinski definition) is 0. The van der Waals surface area contributed by atoms with Crippen molar-refractivity contribution in [3.8, 4) is 11.5 Å². The number of rotatable bonds is 18. The summed E-state index contributed by atoms with van der Waals surface area (Å²) in [7, 11) is 0. The number of unbranched alkanes of at least 4 members (excludes halogenated alkanes) is 2. The lowest BCUT2D eigenvalue weighted by Gasteiger charge is -2.43. The van der Waals surface area contributed by atoms with Crippen molar-refractivity contribution in [3.63, 3.8) is 0 Å². The number of nitrogens with zero attached hydrogens (tertiary/aromatic N) is 6. The lowest BCUT2D eigenvalue weighted by atomic mass is 9.91. The van der Waals surface area contributed by atoms with Gasteiger partial charge in [0.15, 0.2) is 5.78 Å². The van der Waals surface area contributed by atoms with Crippen LogP contribution in [0.5, 0.6) is 11.5 Å². The molecule has 11 heteroatoms. The molecule has 6 rings (SSSR count). The van der Waals surface area contributed by atoms with Gasteiger partial charge in [-0.1, -0.05) is 74.2 Å². The van der Waals surface area contributed by atoms with Crippen LogP contribution >= 0.6 is 23.2 Å². The van der Waals surface area contributed by atoms with Gasteiger partial charge < -0.3 is 19.3 Å². The Morgan fingerprint density at radius 2 is 1.00 bits per heavy atom. The van der Waals surface area contributed by atoms with Crippen molar-refractivity contribution in [2.75, 3.05) is 75.4 Å². The molecule has 9 nitrogen and oxygen atoms in total. The van der Waals surface area contributed by atoms with Crippen LogP contribution in [0.4, 0.5) is 11.6 Å². The van der Waals surface area contributed by atoms with Crippen LogP contribution in [0, 0.1) is 0 Å². The summed E-state index contributed by atoms with van der Waals surface area (Å²) in [5.41, 5.74) is 2.24. The van der Waals surface area contributed by atoms with Crippen LogP contribution in [0.25, 0.3) is 0 Å². The van der Waals surface area contributed by atoms with Gasteiger partial charge in [-0.25, -0.2) is 9.97 Å². The van der Waals surface area contributed by atoms with E-state index in [1.807, 2.05) is 48.5 Å². The van der Waals surface area contributed by atoms with E-state index >= 15 is 4.79 Å². The molecule has 0 N–H and O–H groups in total. The highest BCUT2D eigenvalue weighted by molar-refractivity contribution is 6.33. The van der Waals surface area contributed by atoms with Crippen LogP contribution in [0.2, 0.25) is 10.0 Å². The second-order valence-corrected chi connectivity index (χ2v) is 15.0. The van der Waals surface area contributed by atoms with E-state index in [1.54, 1.807) is 12.4 Å². The minimum Gasteiger partial charge on any atom is -0.494 e. The third-order valence-corrected chi connectivity index (χ3v) is 11.1. The predicted octanol–water partition coefficient (Wildman–Crippen LogP) is 7.88. The van der Waals surface area contributed by atoms with E-state index in [0.717, 1.165) is 112 Å². The van der Waals surface area contributed by atoms with E-state index in [2.05, 4.69) is 67.7 Å². The highest BCUT2D eigenvalue weighted by Gasteiger charge is 2.38. The highest BCUT2D eigenvalue weighted by atomic mass is 35.5. The van der Waals surface area contributed by atoms with E-state index < -0.39 is 0 Å². The normalized spacial score (nSPS) is 16.6. The summed E-state index contributed by atoms with van der Waals surface area (Å²) in [6, 6.07) is 23.5. The van der Waals surface area contributed by atoms with E-state index in [1.165, 1.54) is 0 Å². The minimum absolute atomic E-state index is 0.246. The Morgan fingerprint density at radius 1 is 0.611 bits per heavy atom. The van der Waals surface area contributed by atoms with E-state index in [4.69, 9.17) is 32.7 Å². The van der Waals surface area contributed by atoms with Crippen molar-refractivity contribution in [2.45, 2.75) is 64.5 Å². The van der Waals surface area contributed by atoms with Crippen molar-refractivity contribution in [2.24, 2.45) is 0 Å². The largest absolute Gasteiger partial charge is 0.494 e. The second-order valence-electron chi connectivity index (χ2n) is 14.2. The Morgan fingerprint density at radius 3 is 1.35 bits per heavy atom. The topological polar surface area (TPSA) is 74.3 Å². The highest BCUT2D eigenvalue weighted by Crippen LogP contribution is 2.28. The average molecular weight is 774 g/mol. The lowest BCUT2D eigenvalue weighted by Crippen LogP contribution is -2.60. The number of halogens is 2. The first-order chi connectivity index (χ1) is 26.4. The molecule has 4 aromatic rings. The Bertz CT molecular complexity index is 1620. The Balaban J connectivity index is 1.25. The first-order valence-corrected chi connectivity index (χ1v) is 20.3. The molecule has 54 heavy (non-hydrogen) atoms. The molecule has 2 aromatic heterocycles. The average Bonchev–Trinajstić information content (AvgIpc) is 3.21. The summed E-state index contributed by atoms with van der Waals surface area (Å²) in [6.07, 6.45) is 9.01. The first kappa shape index (κ1) is 39.8. The lowest BCUT2D eigenvalue weighted by molar-refractivity contribution is -0.130. The van der Waals surface area contributed by atoms with Gasteiger partial charge in [0.2, 0.25) is 0 Å². The van der Waals surface area contributed by atoms with Gasteiger partial charge >= 0.3 is 0 Å². The number of carbonyl (C=O) groups excluding carboxylic acids is 1. The number of ketones is 1. The molecule has 2 aliphatic heterocycles. The Labute approximate surface area is 331 Å². The molecule has 0 amide bonds. The number of anilines is 2. The molecule has 0 spiro atoms. The Kier molecular flexibility index (Phi) is 14.8. The van der Waals surface area contributed by atoms with Crippen molar-refractivity contribution in [1.29, 1.82) is 0 Å². The number of aromatic nitrogens is 2. The van der Waals surface area contributed by atoms with Gasteiger partial charge in [0.1, 0.15) is 23.1 Å². The fourth-order valence-electron chi connectivity index (χ4n) is 7.31. The van der Waals surface area contributed by atoms with Crippen LogP contribution in [0.3, 0.4) is 0 Å². The quantitative estimate of drug-likeness (QED) is 0.0940. The van der Waals surface area contributed by atoms with E-state index in [-0.39, 0.29) is 17.9 Å². The monoisotopic (exact) mass is 772 g/mol. The fraction of sp³-hybridized carbons (Fsp3) is 0.465. The van der Waals surface area contributed by atoms with Gasteiger partial charge in [0.25, 0.3) is 0 Å². The molecule has 0 aliphatic carbocycles. The van der Waals surface area contributed by atoms with Crippen molar-refractivity contribution in [1.82, 2.24) is 19.8 Å². The molecule has 2 aromatic carbocycles. The molecule has 2 atom stereocenters. The molecule has 0 bridgehead atoms. The summed E-state index contributed by atoms with van der Waals surface area (Å²) in [5, 5.41) is 1.29. The zero-order valence-corrected chi connectivity index (χ0v) is 33.2. The summed E-state index contributed by atoms with van der Waals surface area (Å²) < 4.78 is 11.9. The van der Waals surface area contributed by atoms with Gasteiger partial charge in [-0.15, -0.1) is 0 Å². The number of pyridine rings is 2. The van der Waals surface area contributed by atoms with Gasteiger partial charge in [0, 0.05) is 64.8 Å². The number of hydrogen-bond acceptors (Lipinski definition) is 9. The van der Waals surface area contributed by atoms with Gasteiger partial charge in [-0.05, 0) is 85.3 Å². The van der Waals surface area contributed by atoms with Gasteiger partial charge in [-0.3, -0.25) is 14.6 Å². The van der Waals surface area contributed by atoms with Crippen LogP contribution in [0.15, 0.2) is 85.2 Å². The second kappa shape index (κ2) is 20.1. The predicted molar refractivity (Wildman–Crippen MR) is 220 cm³/mol. The third kappa shape index (κ3) is 10.7. The number of piperazine rings is 2. The van der Waals surface area contributed by atoms with Crippen LogP contribution < -0.4 is 19.3 Å². The summed E-state index contributed by atoms with van der Waals surface area (Å²) in [4.78, 5) is 33.7. The maximum Gasteiger partial charge on any atom is 0.167 e. The van der Waals surface area contributed by atoms with Crippen LogP contribution in [0.1, 0.15) is 50.7 Å². The fourth-order valence-corrected chi connectivity index (χ4v) is 7.79. The van der Waals surface area contributed by atoms with Crippen LogP contribution in [-0.2, 0) is 17.6 Å². The van der Waals surface area contributed by atoms with Crippen molar-refractivity contribution in [3.05, 3.63) is 106 Å². The number of Topliss-reactive ketones (excluding diaryl/α,β-unsaturated/α-hetero) is 1. The maximum absolute atomic E-state index is 15.3. The molecular weight excluding hydrogens is 719 g/mol. The molecule has 2 fully saturated rings. The zero-order valence-electron chi connectivity index (χ0n) is 31.7. The standard InChI is InChI=1S/C43H54Cl2N6O3/c1-3-5-29-53-35-15-11-33(12-16-35)31-39(48-21-25-50(26-22-48)42-37(44)9-7-19-46-42)41(52)40(32-34-13-17-36(18-14-34)54-30-6-4-2)49-23-27-51(28-24-49)43-38(45)10-8-20-47-43/h7-20,39-40H,3-6,21-32H2,1-2H3. The minimum atomic E-state index is -0.317. The number of ether oxygens (including phenoxy) is 2. The molecule has 0 saturated carbocycles. The third-order valence-electron chi connectivity index (χ3n) is 10.5. The molecule has 2 unspecified atom stereocenters. The smallest absolute Gasteiger partial charge is 0.167 e. The van der Waals surface area contributed by atoms with Gasteiger partial charge in [0.05, 0.1) is 35.3 Å². The number of carbonyl (C=O) groups is 1. The molecule has 0 radical (unpaired) electrons. The van der Waals surface area contributed by atoms with E-state index in [9.17, 15) is 0 Å². The molecule has 288 valence electrons. The van der Waals surface area contributed by atoms with E-state index in [0.29, 0.717) is 36.1 Å². The summed E-state index contributed by atoms with van der Waals surface area (Å²) >= 11 is 13.1. The molecule has 2 saturated heterocycles. The van der Waals surface area contributed by atoms with Crippen molar-refractivity contribution < 1.29 is 14.3 Å². The van der Waals surface area contributed by atoms with Crippen molar-refractivity contribution >= 4 is 40.6 Å². The SMILES string of the molecule is CCCCOc1ccc(CC(C(=O)C(Cc2ccc(OCCCC)cc2)N2CCN(c3ncccc3Cl)CC2)N2CCN(c3ncccc3Cl)CC2)cc1. The molecular formula is C43H54Cl2N6O3.